The largest absolute Gasteiger partial charge is 0.508 e. The molecule has 0 aromatic heterocycles. The van der Waals surface area contributed by atoms with Crippen molar-refractivity contribution >= 4 is 11.8 Å². The molecule has 17 heavy (non-hydrogen) atoms. The van der Waals surface area contributed by atoms with Gasteiger partial charge in [0.1, 0.15) is 5.75 Å². The van der Waals surface area contributed by atoms with Crippen LogP contribution < -0.4 is 0 Å². The Bertz CT molecular complexity index is 352. The van der Waals surface area contributed by atoms with Crippen molar-refractivity contribution in [1.82, 2.24) is 0 Å². The molecule has 0 radical (unpaired) electrons. The van der Waals surface area contributed by atoms with E-state index in [9.17, 15) is 5.11 Å². The number of rotatable bonds is 5. The molecule has 1 nitrogen and oxygen atoms in total. The maximum atomic E-state index is 9.84. The van der Waals surface area contributed by atoms with E-state index in [4.69, 9.17) is 0 Å². The molecule has 0 bridgehead atoms. The summed E-state index contributed by atoms with van der Waals surface area (Å²) in [6.07, 6.45) is 2.49. The van der Waals surface area contributed by atoms with Crippen LogP contribution in [0.25, 0.3) is 0 Å². The van der Waals surface area contributed by atoms with Crippen molar-refractivity contribution in [1.29, 1.82) is 0 Å². The lowest BCUT2D eigenvalue weighted by atomic mass is 9.86. The maximum absolute atomic E-state index is 9.84. The van der Waals surface area contributed by atoms with Crippen molar-refractivity contribution in [2.45, 2.75) is 51.7 Å². The van der Waals surface area contributed by atoms with Crippen LogP contribution in [-0.4, -0.2) is 10.9 Å². The van der Waals surface area contributed by atoms with E-state index in [0.717, 1.165) is 11.3 Å². The van der Waals surface area contributed by atoms with E-state index in [-0.39, 0.29) is 5.41 Å². The van der Waals surface area contributed by atoms with Crippen LogP contribution in [0, 0.1) is 0 Å². The summed E-state index contributed by atoms with van der Waals surface area (Å²) in [6.45, 7) is 8.81. The molecule has 0 amide bonds. The third-order valence-electron chi connectivity index (χ3n) is 2.85. The Morgan fingerprint density at radius 3 is 2.53 bits per heavy atom. The number of unbranched alkanes of at least 4 members (excludes halogenated alkanes) is 1. The molecular weight excluding hydrogens is 228 g/mol. The second-order valence-electron chi connectivity index (χ2n) is 5.50. The Morgan fingerprint density at radius 2 is 1.94 bits per heavy atom. The molecule has 0 aliphatic rings. The predicted molar refractivity (Wildman–Crippen MR) is 77.9 cm³/mol. The normalized spacial score (nSPS) is 11.8. The molecule has 0 aliphatic carbocycles. The lowest BCUT2D eigenvalue weighted by molar-refractivity contribution is 0.469. The quantitative estimate of drug-likeness (QED) is 0.765. The predicted octanol–water partition coefficient (Wildman–Crippen LogP) is 4.72. The summed E-state index contributed by atoms with van der Waals surface area (Å²) in [5.74, 6) is 2.52. The van der Waals surface area contributed by atoms with Gasteiger partial charge >= 0.3 is 0 Å². The van der Waals surface area contributed by atoms with Crippen LogP contribution in [0.3, 0.4) is 0 Å². The van der Waals surface area contributed by atoms with Crippen LogP contribution in [0.4, 0.5) is 0 Å². The topological polar surface area (TPSA) is 20.2 Å². The average Bonchev–Trinajstić information content (AvgIpc) is 2.25. The Labute approximate surface area is 110 Å². The van der Waals surface area contributed by atoms with Gasteiger partial charge in [-0.15, -0.1) is 0 Å². The Morgan fingerprint density at radius 1 is 1.24 bits per heavy atom. The molecule has 1 rings (SSSR count). The standard InChI is InChI=1S/C15H24OS/c1-5-6-9-17-11-12-10-13(15(2,3)4)7-8-14(12)16/h7-8,10,16H,5-6,9,11H2,1-4H3. The zero-order valence-electron chi connectivity index (χ0n) is 11.4. The minimum Gasteiger partial charge on any atom is -0.508 e. The first kappa shape index (κ1) is 14.4. The van der Waals surface area contributed by atoms with Gasteiger partial charge in [-0.2, -0.15) is 11.8 Å². The first-order valence-corrected chi connectivity index (χ1v) is 7.50. The fraction of sp³-hybridized carbons (Fsp3) is 0.600. The third-order valence-corrected chi connectivity index (χ3v) is 3.94. The van der Waals surface area contributed by atoms with Gasteiger partial charge in [-0.05, 0) is 29.2 Å². The van der Waals surface area contributed by atoms with E-state index >= 15 is 0 Å². The number of thioether (sulfide) groups is 1. The van der Waals surface area contributed by atoms with Crippen LogP contribution >= 0.6 is 11.8 Å². The maximum Gasteiger partial charge on any atom is 0.119 e. The van der Waals surface area contributed by atoms with Crippen molar-refractivity contribution in [2.75, 3.05) is 5.75 Å². The monoisotopic (exact) mass is 252 g/mol. The molecule has 1 N–H and O–H groups in total. The lowest BCUT2D eigenvalue weighted by Gasteiger charge is -2.20. The van der Waals surface area contributed by atoms with Gasteiger partial charge in [0.25, 0.3) is 0 Å². The van der Waals surface area contributed by atoms with Crippen molar-refractivity contribution in [3.8, 4) is 5.75 Å². The van der Waals surface area contributed by atoms with Crippen molar-refractivity contribution in [3.63, 3.8) is 0 Å². The highest BCUT2D eigenvalue weighted by Crippen LogP contribution is 2.29. The van der Waals surface area contributed by atoms with Gasteiger partial charge in [-0.25, -0.2) is 0 Å². The fourth-order valence-corrected chi connectivity index (χ4v) is 2.68. The van der Waals surface area contributed by atoms with E-state index in [1.807, 2.05) is 23.9 Å². The number of benzene rings is 1. The Hall–Kier alpha value is -0.630. The highest BCUT2D eigenvalue weighted by Gasteiger charge is 2.15. The Balaban J connectivity index is 2.70. The van der Waals surface area contributed by atoms with E-state index in [1.165, 1.54) is 24.2 Å². The SMILES string of the molecule is CCCCSCc1cc(C(C)(C)C)ccc1O. The highest BCUT2D eigenvalue weighted by molar-refractivity contribution is 7.98. The van der Waals surface area contributed by atoms with Gasteiger partial charge in [-0.3, -0.25) is 0 Å². The molecule has 0 fully saturated rings. The molecule has 0 saturated heterocycles. The van der Waals surface area contributed by atoms with Crippen LogP contribution in [0.5, 0.6) is 5.75 Å². The zero-order valence-corrected chi connectivity index (χ0v) is 12.2. The number of phenolic OH excluding ortho intramolecular Hbond substituents is 1. The summed E-state index contributed by atoms with van der Waals surface area (Å²) in [6, 6.07) is 6.00. The molecule has 1 aromatic rings. The van der Waals surface area contributed by atoms with Crippen molar-refractivity contribution in [3.05, 3.63) is 29.3 Å². The molecular formula is C15H24OS. The summed E-state index contributed by atoms with van der Waals surface area (Å²) < 4.78 is 0. The van der Waals surface area contributed by atoms with E-state index in [2.05, 4.69) is 33.8 Å². The first-order valence-electron chi connectivity index (χ1n) is 6.35. The molecule has 0 atom stereocenters. The van der Waals surface area contributed by atoms with Gasteiger partial charge in [0.05, 0.1) is 0 Å². The third kappa shape index (κ3) is 4.63. The summed E-state index contributed by atoms with van der Waals surface area (Å²) in [5, 5.41) is 9.84. The van der Waals surface area contributed by atoms with Crippen LogP contribution in [0.1, 0.15) is 51.7 Å². The number of hydrogen-bond acceptors (Lipinski definition) is 2. The minimum atomic E-state index is 0.149. The molecule has 0 spiro atoms. The number of phenols is 1. The molecule has 0 heterocycles. The fourth-order valence-electron chi connectivity index (χ4n) is 1.60. The second kappa shape index (κ2) is 6.34. The van der Waals surface area contributed by atoms with E-state index in [1.54, 1.807) is 0 Å². The summed E-state index contributed by atoms with van der Waals surface area (Å²) in [7, 11) is 0. The minimum absolute atomic E-state index is 0.149. The molecule has 96 valence electrons. The summed E-state index contributed by atoms with van der Waals surface area (Å²) in [4.78, 5) is 0. The molecule has 0 aliphatic heterocycles. The average molecular weight is 252 g/mol. The van der Waals surface area contributed by atoms with Gasteiger partial charge in [0.15, 0.2) is 0 Å². The Kier molecular flexibility index (Phi) is 5.38. The number of aromatic hydroxyl groups is 1. The highest BCUT2D eigenvalue weighted by atomic mass is 32.2. The first-order chi connectivity index (χ1) is 7.95. The van der Waals surface area contributed by atoms with Crippen LogP contribution in [0.15, 0.2) is 18.2 Å². The smallest absolute Gasteiger partial charge is 0.119 e. The summed E-state index contributed by atoms with van der Waals surface area (Å²) >= 11 is 1.90. The van der Waals surface area contributed by atoms with Gasteiger partial charge in [0.2, 0.25) is 0 Å². The number of hydrogen-bond donors (Lipinski definition) is 1. The van der Waals surface area contributed by atoms with E-state index in [0.29, 0.717) is 5.75 Å². The van der Waals surface area contributed by atoms with Gasteiger partial charge in [0, 0.05) is 11.3 Å². The summed E-state index contributed by atoms with van der Waals surface area (Å²) in [5.41, 5.74) is 2.51. The molecule has 1 aromatic carbocycles. The van der Waals surface area contributed by atoms with E-state index < -0.39 is 0 Å². The van der Waals surface area contributed by atoms with Crippen molar-refractivity contribution in [2.24, 2.45) is 0 Å². The second-order valence-corrected chi connectivity index (χ2v) is 6.60. The molecule has 2 heteroatoms. The zero-order chi connectivity index (χ0) is 12.9. The molecule has 0 unspecified atom stereocenters. The van der Waals surface area contributed by atoms with Crippen molar-refractivity contribution < 1.29 is 5.11 Å². The van der Waals surface area contributed by atoms with Crippen LogP contribution in [-0.2, 0) is 11.2 Å². The van der Waals surface area contributed by atoms with Gasteiger partial charge in [-0.1, -0.05) is 46.2 Å². The van der Waals surface area contributed by atoms with Crippen LogP contribution in [0.2, 0.25) is 0 Å². The lowest BCUT2D eigenvalue weighted by Crippen LogP contribution is -2.11. The molecule has 0 saturated carbocycles. The van der Waals surface area contributed by atoms with Gasteiger partial charge < -0.3 is 5.11 Å².